The van der Waals surface area contributed by atoms with Crippen molar-refractivity contribution in [3.63, 3.8) is 0 Å². The highest BCUT2D eigenvalue weighted by Crippen LogP contribution is 2.44. The fourth-order valence-corrected chi connectivity index (χ4v) is 6.07. The van der Waals surface area contributed by atoms with Crippen molar-refractivity contribution in [1.29, 1.82) is 0 Å². The second-order valence-corrected chi connectivity index (χ2v) is 9.89. The Morgan fingerprint density at radius 1 is 1.03 bits per heavy atom. The van der Waals surface area contributed by atoms with Gasteiger partial charge >= 0.3 is 0 Å². The van der Waals surface area contributed by atoms with Crippen LogP contribution >= 0.6 is 11.3 Å². The highest BCUT2D eigenvalue weighted by molar-refractivity contribution is 7.17. The van der Waals surface area contributed by atoms with Crippen LogP contribution in [0.2, 0.25) is 0 Å². The first-order valence-corrected chi connectivity index (χ1v) is 12.4. The number of aromatic hydroxyl groups is 1. The van der Waals surface area contributed by atoms with Crippen LogP contribution in [-0.2, 0) is 4.79 Å². The Kier molecular flexibility index (Phi) is 5.96. The van der Waals surface area contributed by atoms with Gasteiger partial charge in [-0.1, -0.05) is 61.7 Å². The molecule has 1 aromatic heterocycles. The molecular formula is C27H26N2O4S. The molecule has 1 saturated carbocycles. The second kappa shape index (κ2) is 9.06. The van der Waals surface area contributed by atoms with Gasteiger partial charge in [0.25, 0.3) is 5.91 Å². The lowest BCUT2D eigenvalue weighted by atomic mass is 9.90. The van der Waals surface area contributed by atoms with Crippen LogP contribution in [0.1, 0.15) is 59.1 Å². The van der Waals surface area contributed by atoms with Crippen LogP contribution in [0.15, 0.2) is 65.9 Å². The summed E-state index contributed by atoms with van der Waals surface area (Å²) >= 11 is 1.26. The molecule has 0 radical (unpaired) electrons. The molecule has 0 bridgehead atoms. The molecule has 0 spiro atoms. The average molecular weight is 475 g/mol. The smallest absolute Gasteiger partial charge is 0.290 e. The van der Waals surface area contributed by atoms with E-state index in [4.69, 9.17) is 0 Å². The molecule has 1 amide bonds. The van der Waals surface area contributed by atoms with E-state index in [9.17, 15) is 19.8 Å². The number of Topliss-reactive ketones (excluding diaryl/α,β-unsaturated/α-hetero) is 1. The van der Waals surface area contributed by atoms with E-state index in [1.807, 2.05) is 30.3 Å². The lowest BCUT2D eigenvalue weighted by Gasteiger charge is -2.36. The molecule has 1 atom stereocenters. The summed E-state index contributed by atoms with van der Waals surface area (Å²) in [4.78, 5) is 33.9. The maximum atomic E-state index is 13.9. The van der Waals surface area contributed by atoms with Gasteiger partial charge in [-0.25, -0.2) is 4.98 Å². The monoisotopic (exact) mass is 474 g/mol. The van der Waals surface area contributed by atoms with Gasteiger partial charge in [-0.05, 0) is 37.5 Å². The number of aliphatic hydroxyl groups is 1. The summed E-state index contributed by atoms with van der Waals surface area (Å²) in [5.74, 6) is -1.37. The molecule has 3 aromatic rings. The number of thiazole rings is 1. The molecular weight excluding hydrogens is 448 g/mol. The number of rotatable bonds is 5. The van der Waals surface area contributed by atoms with Gasteiger partial charge in [0.1, 0.15) is 10.8 Å². The Balaban J connectivity index is 1.59. The topological polar surface area (TPSA) is 90.7 Å². The standard InChI is InChI=1S/C27H26N2O4S/c1-16-25(34-26(28-16)17-9-4-2-5-10-17)23(31)21-22(18-11-8-14-20(30)15-18)29(27(33)24(21)32)19-12-6-3-7-13-19/h2,4-5,8-11,14-15,19,22,30,32H,3,6-7,12-13H2,1H3. The van der Waals surface area contributed by atoms with E-state index in [0.717, 1.165) is 37.7 Å². The Morgan fingerprint density at radius 3 is 2.47 bits per heavy atom. The van der Waals surface area contributed by atoms with Crippen molar-refractivity contribution in [2.24, 2.45) is 0 Å². The number of phenolic OH excluding ortho intramolecular Hbond substituents is 1. The Morgan fingerprint density at radius 2 is 1.76 bits per heavy atom. The number of aliphatic hydroxyl groups excluding tert-OH is 1. The van der Waals surface area contributed by atoms with Crippen LogP contribution in [0.5, 0.6) is 5.75 Å². The van der Waals surface area contributed by atoms with Crippen LogP contribution in [-0.4, -0.2) is 37.8 Å². The fraction of sp³-hybridized carbons (Fsp3) is 0.296. The minimum absolute atomic E-state index is 0.0482. The average Bonchev–Trinajstić information content (AvgIpc) is 3.37. The van der Waals surface area contributed by atoms with Gasteiger partial charge in [0.05, 0.1) is 22.2 Å². The number of ketones is 1. The predicted molar refractivity (Wildman–Crippen MR) is 131 cm³/mol. The van der Waals surface area contributed by atoms with Crippen molar-refractivity contribution in [2.45, 2.75) is 51.1 Å². The molecule has 7 heteroatoms. The molecule has 2 aromatic carbocycles. The van der Waals surface area contributed by atoms with E-state index in [0.29, 0.717) is 21.1 Å². The third kappa shape index (κ3) is 3.90. The van der Waals surface area contributed by atoms with Gasteiger partial charge in [0, 0.05) is 11.6 Å². The molecule has 1 fully saturated rings. The minimum atomic E-state index is -0.753. The summed E-state index contributed by atoms with van der Waals surface area (Å²) in [6, 6.07) is 15.4. The van der Waals surface area contributed by atoms with Gasteiger partial charge in [0.15, 0.2) is 5.76 Å². The van der Waals surface area contributed by atoms with Crippen molar-refractivity contribution in [3.05, 3.63) is 82.1 Å². The van der Waals surface area contributed by atoms with Crippen molar-refractivity contribution in [3.8, 4) is 16.3 Å². The van der Waals surface area contributed by atoms with E-state index in [2.05, 4.69) is 4.98 Å². The Hall–Kier alpha value is -3.45. The predicted octanol–water partition coefficient (Wildman–Crippen LogP) is 5.74. The normalized spacial score (nSPS) is 19.1. The molecule has 0 saturated heterocycles. The van der Waals surface area contributed by atoms with Gasteiger partial charge in [-0.2, -0.15) is 0 Å². The number of hydrogen-bond donors (Lipinski definition) is 2. The number of aromatic nitrogens is 1. The van der Waals surface area contributed by atoms with Crippen molar-refractivity contribution < 1.29 is 19.8 Å². The first kappa shape index (κ1) is 22.3. The molecule has 2 N–H and O–H groups in total. The first-order valence-electron chi connectivity index (χ1n) is 11.6. The van der Waals surface area contributed by atoms with Gasteiger partial charge in [-0.3, -0.25) is 9.59 Å². The SMILES string of the molecule is Cc1nc(-c2ccccc2)sc1C(=O)C1=C(O)C(=O)N(C2CCCCC2)C1c1cccc(O)c1. The second-order valence-electron chi connectivity index (χ2n) is 8.89. The maximum Gasteiger partial charge on any atom is 0.290 e. The fourth-order valence-electron chi connectivity index (χ4n) is 5.05. The Labute approximate surface area is 202 Å². The third-order valence-electron chi connectivity index (χ3n) is 6.67. The maximum absolute atomic E-state index is 13.9. The lowest BCUT2D eigenvalue weighted by molar-refractivity contribution is -0.132. The van der Waals surface area contributed by atoms with Crippen molar-refractivity contribution >= 4 is 23.0 Å². The highest BCUT2D eigenvalue weighted by atomic mass is 32.1. The number of phenols is 1. The van der Waals surface area contributed by atoms with E-state index in [1.54, 1.807) is 36.1 Å². The summed E-state index contributed by atoms with van der Waals surface area (Å²) in [5, 5.41) is 21.8. The number of carbonyl (C=O) groups excluding carboxylic acids is 2. The number of nitrogens with zero attached hydrogens (tertiary/aromatic N) is 2. The third-order valence-corrected chi connectivity index (χ3v) is 7.87. The molecule has 1 unspecified atom stereocenters. The molecule has 1 aliphatic heterocycles. The first-order chi connectivity index (χ1) is 16.5. The number of benzene rings is 2. The van der Waals surface area contributed by atoms with E-state index in [1.165, 1.54) is 11.3 Å². The van der Waals surface area contributed by atoms with Gasteiger partial charge in [0.2, 0.25) is 5.78 Å². The number of hydrogen-bond acceptors (Lipinski definition) is 6. The molecule has 174 valence electrons. The largest absolute Gasteiger partial charge is 0.508 e. The highest BCUT2D eigenvalue weighted by Gasteiger charge is 2.47. The number of aryl methyl sites for hydroxylation is 1. The summed E-state index contributed by atoms with van der Waals surface area (Å²) < 4.78 is 0. The van der Waals surface area contributed by atoms with Gasteiger partial charge < -0.3 is 15.1 Å². The van der Waals surface area contributed by atoms with E-state index >= 15 is 0 Å². The minimum Gasteiger partial charge on any atom is -0.508 e. The molecule has 2 heterocycles. The zero-order valence-electron chi connectivity index (χ0n) is 18.9. The van der Waals surface area contributed by atoms with E-state index in [-0.39, 0.29) is 17.4 Å². The zero-order chi connectivity index (χ0) is 23.8. The molecule has 6 nitrogen and oxygen atoms in total. The molecule has 2 aliphatic rings. The van der Waals surface area contributed by atoms with Crippen molar-refractivity contribution in [2.75, 3.05) is 0 Å². The van der Waals surface area contributed by atoms with Crippen LogP contribution in [0.4, 0.5) is 0 Å². The van der Waals surface area contributed by atoms with Crippen LogP contribution in [0.25, 0.3) is 10.6 Å². The summed E-state index contributed by atoms with van der Waals surface area (Å²) in [5.41, 5.74) is 2.14. The van der Waals surface area contributed by atoms with Crippen LogP contribution in [0, 0.1) is 6.92 Å². The van der Waals surface area contributed by atoms with E-state index < -0.39 is 23.5 Å². The zero-order valence-corrected chi connectivity index (χ0v) is 19.7. The lowest BCUT2D eigenvalue weighted by Crippen LogP contribution is -2.41. The van der Waals surface area contributed by atoms with Crippen molar-refractivity contribution in [1.82, 2.24) is 9.88 Å². The van der Waals surface area contributed by atoms with Crippen LogP contribution in [0.3, 0.4) is 0 Å². The summed E-state index contributed by atoms with van der Waals surface area (Å²) in [7, 11) is 0. The summed E-state index contributed by atoms with van der Waals surface area (Å²) in [6.07, 6.45) is 4.77. The molecule has 1 aliphatic carbocycles. The van der Waals surface area contributed by atoms with Gasteiger partial charge in [-0.15, -0.1) is 11.3 Å². The number of amides is 1. The summed E-state index contributed by atoms with van der Waals surface area (Å²) in [6.45, 7) is 1.77. The van der Waals surface area contributed by atoms with Crippen LogP contribution < -0.4 is 0 Å². The molecule has 34 heavy (non-hydrogen) atoms. The Bertz CT molecular complexity index is 1270. The number of carbonyl (C=O) groups is 2. The quantitative estimate of drug-likeness (QED) is 0.461. The molecule has 5 rings (SSSR count).